The van der Waals surface area contributed by atoms with E-state index < -0.39 is 10.0 Å². The minimum Gasteiger partial charge on any atom is -0.399 e. The van der Waals surface area contributed by atoms with Crippen LogP contribution in [0.4, 0.5) is 5.69 Å². The summed E-state index contributed by atoms with van der Waals surface area (Å²) < 4.78 is 26.3. The van der Waals surface area contributed by atoms with Crippen LogP contribution in [-0.4, -0.2) is 37.0 Å². The van der Waals surface area contributed by atoms with Gasteiger partial charge < -0.3 is 10.8 Å². The third-order valence-electron chi connectivity index (χ3n) is 2.70. The van der Waals surface area contributed by atoms with Gasteiger partial charge in [-0.25, -0.2) is 8.42 Å². The molecule has 0 bridgehead atoms. The van der Waals surface area contributed by atoms with Crippen molar-refractivity contribution >= 4 is 15.7 Å². The lowest BCUT2D eigenvalue weighted by Gasteiger charge is -2.26. The monoisotopic (exact) mass is 272 g/mol. The van der Waals surface area contributed by atoms with Crippen molar-refractivity contribution in [3.63, 3.8) is 0 Å². The molecule has 0 saturated heterocycles. The predicted molar refractivity (Wildman–Crippen MR) is 71.7 cm³/mol. The highest BCUT2D eigenvalue weighted by molar-refractivity contribution is 7.89. The van der Waals surface area contributed by atoms with E-state index in [0.29, 0.717) is 11.3 Å². The molecule has 102 valence electrons. The maximum atomic E-state index is 12.5. The summed E-state index contributed by atoms with van der Waals surface area (Å²) in [6.45, 7) is 5.14. The standard InChI is InChI=1S/C12H20N2O3S/c1-9(2)14(6-7-15)18(16,17)12-8-11(13)5-4-10(12)3/h4-5,8-9,15H,6-7,13H2,1-3H3. The van der Waals surface area contributed by atoms with Crippen molar-refractivity contribution in [1.82, 2.24) is 4.31 Å². The summed E-state index contributed by atoms with van der Waals surface area (Å²) in [5, 5.41) is 8.99. The van der Waals surface area contributed by atoms with Crippen LogP contribution in [0.1, 0.15) is 19.4 Å². The molecule has 0 aliphatic heterocycles. The lowest BCUT2D eigenvalue weighted by Crippen LogP contribution is -2.39. The summed E-state index contributed by atoms with van der Waals surface area (Å²) >= 11 is 0. The fourth-order valence-corrected chi connectivity index (χ4v) is 3.67. The molecule has 6 heteroatoms. The zero-order valence-corrected chi connectivity index (χ0v) is 11.7. The average molecular weight is 272 g/mol. The molecule has 3 N–H and O–H groups in total. The highest BCUT2D eigenvalue weighted by Gasteiger charge is 2.27. The number of rotatable bonds is 5. The molecule has 0 aromatic heterocycles. The number of aliphatic hydroxyl groups excluding tert-OH is 1. The van der Waals surface area contributed by atoms with Crippen LogP contribution >= 0.6 is 0 Å². The number of nitrogen functional groups attached to an aromatic ring is 1. The summed E-state index contributed by atoms with van der Waals surface area (Å²) in [7, 11) is -3.62. The van der Waals surface area contributed by atoms with Gasteiger partial charge >= 0.3 is 0 Å². The molecule has 0 unspecified atom stereocenters. The van der Waals surface area contributed by atoms with Gasteiger partial charge in [-0.05, 0) is 38.5 Å². The molecule has 1 rings (SSSR count). The topological polar surface area (TPSA) is 83.6 Å². The number of sulfonamides is 1. The molecule has 18 heavy (non-hydrogen) atoms. The Balaban J connectivity index is 3.30. The smallest absolute Gasteiger partial charge is 0.243 e. The summed E-state index contributed by atoms with van der Waals surface area (Å²) in [6.07, 6.45) is 0. The largest absolute Gasteiger partial charge is 0.399 e. The Hall–Kier alpha value is -1.11. The minimum absolute atomic E-state index is 0.0776. The minimum atomic E-state index is -3.62. The van der Waals surface area contributed by atoms with E-state index in [-0.39, 0.29) is 24.1 Å². The fourth-order valence-electron chi connectivity index (χ4n) is 1.78. The van der Waals surface area contributed by atoms with Gasteiger partial charge in [0, 0.05) is 18.3 Å². The van der Waals surface area contributed by atoms with Crippen LogP contribution in [0.2, 0.25) is 0 Å². The van der Waals surface area contributed by atoms with Crippen molar-refractivity contribution in [2.24, 2.45) is 0 Å². The maximum absolute atomic E-state index is 12.5. The van der Waals surface area contributed by atoms with Gasteiger partial charge in [-0.2, -0.15) is 4.31 Å². The summed E-state index contributed by atoms with van der Waals surface area (Å²) in [6, 6.07) is 4.58. The molecule has 0 aliphatic carbocycles. The Bertz CT molecular complexity index is 512. The molecular formula is C12H20N2O3S. The van der Waals surface area contributed by atoms with E-state index in [9.17, 15) is 8.42 Å². The number of nitrogens with two attached hydrogens (primary N) is 1. The summed E-state index contributed by atoms with van der Waals surface area (Å²) in [5.41, 5.74) is 6.70. The number of aryl methyl sites for hydroxylation is 1. The van der Waals surface area contributed by atoms with Crippen LogP contribution in [0.3, 0.4) is 0 Å². The third-order valence-corrected chi connectivity index (χ3v) is 4.91. The third kappa shape index (κ3) is 3.01. The van der Waals surface area contributed by atoms with Gasteiger partial charge in [0.25, 0.3) is 0 Å². The Labute approximate surface area is 108 Å². The van der Waals surface area contributed by atoms with Crippen molar-refractivity contribution in [3.8, 4) is 0 Å². The van der Waals surface area contributed by atoms with Gasteiger partial charge in [-0.15, -0.1) is 0 Å². The van der Waals surface area contributed by atoms with Gasteiger partial charge in [0.05, 0.1) is 11.5 Å². The fraction of sp³-hybridized carbons (Fsp3) is 0.500. The second kappa shape index (κ2) is 5.69. The second-order valence-corrected chi connectivity index (χ2v) is 6.32. The Morgan fingerprint density at radius 3 is 2.50 bits per heavy atom. The van der Waals surface area contributed by atoms with E-state index in [1.54, 1.807) is 32.9 Å². The lowest BCUT2D eigenvalue weighted by molar-refractivity contribution is 0.236. The number of aliphatic hydroxyl groups is 1. The number of anilines is 1. The molecule has 1 aromatic rings. The molecule has 0 amide bonds. The molecule has 0 aliphatic rings. The SMILES string of the molecule is Cc1ccc(N)cc1S(=O)(=O)N(CCO)C(C)C. The Kier molecular flexibility index (Phi) is 4.72. The highest BCUT2D eigenvalue weighted by Crippen LogP contribution is 2.23. The predicted octanol–water partition coefficient (Wildman–Crippen LogP) is 0.969. The highest BCUT2D eigenvalue weighted by atomic mass is 32.2. The van der Waals surface area contributed by atoms with Gasteiger partial charge in [-0.1, -0.05) is 6.07 Å². The van der Waals surface area contributed by atoms with E-state index >= 15 is 0 Å². The number of hydrogen-bond acceptors (Lipinski definition) is 4. The first-order valence-corrected chi connectivity index (χ1v) is 7.23. The number of nitrogens with zero attached hydrogens (tertiary/aromatic N) is 1. The maximum Gasteiger partial charge on any atom is 0.243 e. The molecular weight excluding hydrogens is 252 g/mol. The van der Waals surface area contributed by atoms with E-state index in [1.165, 1.54) is 10.4 Å². The molecule has 0 fully saturated rings. The summed E-state index contributed by atoms with van der Waals surface area (Å²) in [5.74, 6) is 0. The van der Waals surface area contributed by atoms with Crippen LogP contribution in [0.25, 0.3) is 0 Å². The Morgan fingerprint density at radius 1 is 1.39 bits per heavy atom. The molecule has 0 spiro atoms. The van der Waals surface area contributed by atoms with E-state index in [0.717, 1.165) is 0 Å². The quantitative estimate of drug-likeness (QED) is 0.782. The van der Waals surface area contributed by atoms with Crippen LogP contribution in [-0.2, 0) is 10.0 Å². The normalized spacial score (nSPS) is 12.3. The number of benzene rings is 1. The molecule has 0 heterocycles. The molecule has 0 saturated carbocycles. The van der Waals surface area contributed by atoms with Crippen molar-refractivity contribution in [3.05, 3.63) is 23.8 Å². The summed E-state index contributed by atoms with van der Waals surface area (Å²) in [4.78, 5) is 0.199. The van der Waals surface area contributed by atoms with E-state index in [4.69, 9.17) is 10.8 Å². The Morgan fingerprint density at radius 2 is 2.00 bits per heavy atom. The van der Waals surface area contributed by atoms with Crippen LogP contribution in [0, 0.1) is 6.92 Å². The van der Waals surface area contributed by atoms with Gasteiger partial charge in [0.2, 0.25) is 10.0 Å². The molecule has 1 aromatic carbocycles. The zero-order chi connectivity index (χ0) is 13.9. The first-order chi connectivity index (χ1) is 8.30. The van der Waals surface area contributed by atoms with Crippen LogP contribution in [0.5, 0.6) is 0 Å². The van der Waals surface area contributed by atoms with Crippen LogP contribution in [0.15, 0.2) is 23.1 Å². The van der Waals surface area contributed by atoms with Crippen molar-refractivity contribution < 1.29 is 13.5 Å². The molecule has 5 nitrogen and oxygen atoms in total. The van der Waals surface area contributed by atoms with Crippen molar-refractivity contribution in [2.75, 3.05) is 18.9 Å². The lowest BCUT2D eigenvalue weighted by atomic mass is 10.2. The number of hydrogen-bond donors (Lipinski definition) is 2. The van der Waals surface area contributed by atoms with Crippen molar-refractivity contribution in [1.29, 1.82) is 0 Å². The first-order valence-electron chi connectivity index (χ1n) is 5.79. The van der Waals surface area contributed by atoms with Crippen molar-refractivity contribution in [2.45, 2.75) is 31.7 Å². The second-order valence-electron chi connectivity index (χ2n) is 4.46. The molecule has 0 radical (unpaired) electrons. The van der Waals surface area contributed by atoms with E-state index in [1.807, 2.05) is 0 Å². The first kappa shape index (κ1) is 14.9. The van der Waals surface area contributed by atoms with Gasteiger partial charge in [-0.3, -0.25) is 0 Å². The van der Waals surface area contributed by atoms with Crippen LogP contribution < -0.4 is 5.73 Å². The van der Waals surface area contributed by atoms with E-state index in [2.05, 4.69) is 0 Å². The van der Waals surface area contributed by atoms with Gasteiger partial charge in [0.15, 0.2) is 0 Å². The zero-order valence-electron chi connectivity index (χ0n) is 10.9. The average Bonchev–Trinajstić information content (AvgIpc) is 2.28. The van der Waals surface area contributed by atoms with Gasteiger partial charge in [0.1, 0.15) is 0 Å². The molecule has 0 atom stereocenters.